The van der Waals surface area contributed by atoms with E-state index in [9.17, 15) is 19.2 Å². The van der Waals surface area contributed by atoms with E-state index in [2.05, 4.69) is 9.72 Å². The molecule has 2 aromatic carbocycles. The molecule has 8 nitrogen and oxygen atoms in total. The fourth-order valence-corrected chi connectivity index (χ4v) is 2.45. The minimum atomic E-state index is -1.09. The van der Waals surface area contributed by atoms with E-state index in [0.717, 1.165) is 0 Å². The van der Waals surface area contributed by atoms with Crippen molar-refractivity contribution in [1.29, 1.82) is 0 Å². The van der Waals surface area contributed by atoms with Gasteiger partial charge in [-0.1, -0.05) is 18.2 Å². The number of carbonyl (C=O) groups excluding carboxylic acids is 3. The second-order valence-corrected chi connectivity index (χ2v) is 5.52. The summed E-state index contributed by atoms with van der Waals surface area (Å²) in [4.78, 5) is 49.8. The Bertz CT molecular complexity index is 1060. The Morgan fingerprint density at radius 2 is 1.81 bits per heavy atom. The zero-order valence-corrected chi connectivity index (χ0v) is 14.3. The third kappa shape index (κ3) is 4.12. The van der Waals surface area contributed by atoms with Gasteiger partial charge in [0.15, 0.2) is 11.4 Å². The van der Waals surface area contributed by atoms with Crippen LogP contribution in [0.1, 0.15) is 23.7 Å². The van der Waals surface area contributed by atoms with Crippen LogP contribution in [0.2, 0.25) is 0 Å². The molecule has 0 saturated heterocycles. The number of ether oxygens (including phenoxy) is 2. The van der Waals surface area contributed by atoms with Crippen LogP contribution in [0.4, 0.5) is 0 Å². The Morgan fingerprint density at radius 1 is 1.07 bits per heavy atom. The number of esters is 1. The van der Waals surface area contributed by atoms with Gasteiger partial charge in [0, 0.05) is 6.07 Å². The number of hydrogen-bond acceptors (Lipinski definition) is 7. The van der Waals surface area contributed by atoms with E-state index in [1.54, 1.807) is 31.2 Å². The number of fused-ring (bicyclic) bond motifs is 1. The third-order valence-electron chi connectivity index (χ3n) is 3.60. The maximum atomic E-state index is 12.5. The summed E-state index contributed by atoms with van der Waals surface area (Å²) in [6, 6.07) is 11.7. The highest BCUT2D eigenvalue weighted by molar-refractivity contribution is 6.38. The summed E-state index contributed by atoms with van der Waals surface area (Å²) < 4.78 is 15.3. The lowest BCUT2D eigenvalue weighted by molar-refractivity contribution is -0.153. The van der Waals surface area contributed by atoms with Gasteiger partial charge in [-0.25, -0.2) is 9.59 Å². The van der Waals surface area contributed by atoms with Crippen LogP contribution in [0.5, 0.6) is 11.5 Å². The van der Waals surface area contributed by atoms with Crippen LogP contribution in [-0.4, -0.2) is 29.1 Å². The van der Waals surface area contributed by atoms with E-state index in [4.69, 9.17) is 9.15 Å². The molecule has 0 aliphatic heterocycles. The molecule has 0 amide bonds. The van der Waals surface area contributed by atoms with E-state index in [1.165, 1.54) is 12.1 Å². The smallest absolute Gasteiger partial charge is 0.417 e. The maximum absolute atomic E-state index is 12.5. The standard InChI is InChI=1S/C19H15NO7/c1-2-25-18(23)16(22)10-15(21)13-8-12(26-11-6-4-3-5-7-11)9-14-17(13)27-19(24)20-14/h3-9H,2,10H2,1H3,(H,20,24). The molecule has 0 bridgehead atoms. The second kappa shape index (κ2) is 7.69. The third-order valence-corrected chi connectivity index (χ3v) is 3.60. The normalized spacial score (nSPS) is 10.6. The zero-order valence-electron chi connectivity index (χ0n) is 14.3. The average molecular weight is 369 g/mol. The number of Topliss-reactive ketones (excluding diaryl/α,β-unsaturated/α-hetero) is 2. The van der Waals surface area contributed by atoms with Crippen molar-refractivity contribution >= 4 is 28.6 Å². The van der Waals surface area contributed by atoms with Crippen molar-refractivity contribution in [2.24, 2.45) is 0 Å². The Balaban J connectivity index is 1.95. The van der Waals surface area contributed by atoms with Crippen molar-refractivity contribution < 1.29 is 28.3 Å². The topological polar surface area (TPSA) is 116 Å². The highest BCUT2D eigenvalue weighted by Crippen LogP contribution is 2.28. The predicted octanol–water partition coefficient (Wildman–Crippen LogP) is 2.62. The molecule has 3 rings (SSSR count). The van der Waals surface area contributed by atoms with Crippen molar-refractivity contribution in [2.45, 2.75) is 13.3 Å². The lowest BCUT2D eigenvalue weighted by Gasteiger charge is -2.08. The second-order valence-electron chi connectivity index (χ2n) is 5.52. The first-order chi connectivity index (χ1) is 13.0. The number of oxazole rings is 1. The van der Waals surface area contributed by atoms with Gasteiger partial charge in [-0.2, -0.15) is 0 Å². The van der Waals surface area contributed by atoms with Gasteiger partial charge in [-0.3, -0.25) is 14.6 Å². The predicted molar refractivity (Wildman–Crippen MR) is 93.9 cm³/mol. The van der Waals surface area contributed by atoms with Crippen LogP contribution in [-0.2, 0) is 14.3 Å². The Morgan fingerprint density at radius 3 is 2.52 bits per heavy atom. The first kappa shape index (κ1) is 18.1. The molecule has 0 spiro atoms. The lowest BCUT2D eigenvalue weighted by Crippen LogP contribution is -2.20. The van der Waals surface area contributed by atoms with E-state index in [-0.39, 0.29) is 29.0 Å². The molecule has 0 aliphatic carbocycles. The van der Waals surface area contributed by atoms with Crippen molar-refractivity contribution in [1.82, 2.24) is 4.98 Å². The van der Waals surface area contributed by atoms with Crippen molar-refractivity contribution in [3.63, 3.8) is 0 Å². The van der Waals surface area contributed by atoms with Crippen LogP contribution in [0.25, 0.3) is 11.1 Å². The van der Waals surface area contributed by atoms with Crippen LogP contribution in [0, 0.1) is 0 Å². The fourth-order valence-electron chi connectivity index (χ4n) is 2.45. The van der Waals surface area contributed by atoms with E-state index >= 15 is 0 Å². The molecule has 1 heterocycles. The molecule has 3 aromatic rings. The molecule has 27 heavy (non-hydrogen) atoms. The summed E-state index contributed by atoms with van der Waals surface area (Å²) >= 11 is 0. The van der Waals surface area contributed by atoms with Gasteiger partial charge >= 0.3 is 11.7 Å². The van der Waals surface area contributed by atoms with Crippen LogP contribution in [0.3, 0.4) is 0 Å². The number of para-hydroxylation sites is 1. The number of H-pyrrole nitrogens is 1. The van der Waals surface area contributed by atoms with E-state index in [0.29, 0.717) is 5.75 Å². The molecule has 138 valence electrons. The van der Waals surface area contributed by atoms with Crippen LogP contribution >= 0.6 is 0 Å². The molecule has 1 aromatic heterocycles. The first-order valence-electron chi connectivity index (χ1n) is 8.11. The molecule has 0 unspecified atom stereocenters. The Kier molecular flexibility index (Phi) is 5.16. The van der Waals surface area contributed by atoms with Gasteiger partial charge in [0.1, 0.15) is 11.5 Å². The monoisotopic (exact) mass is 369 g/mol. The zero-order chi connectivity index (χ0) is 19.4. The minimum Gasteiger partial charge on any atom is -0.460 e. The van der Waals surface area contributed by atoms with Crippen molar-refractivity contribution in [3.05, 3.63) is 58.6 Å². The number of aromatic amines is 1. The van der Waals surface area contributed by atoms with Gasteiger partial charge in [0.05, 0.1) is 24.1 Å². The van der Waals surface area contributed by atoms with Crippen molar-refractivity contribution in [2.75, 3.05) is 6.61 Å². The Hall–Kier alpha value is -3.68. The van der Waals surface area contributed by atoms with Gasteiger partial charge < -0.3 is 13.9 Å². The molecule has 0 saturated carbocycles. The number of aromatic nitrogens is 1. The molecular formula is C19H15NO7. The fraction of sp³-hybridized carbons (Fsp3) is 0.158. The molecule has 0 aliphatic rings. The summed E-state index contributed by atoms with van der Waals surface area (Å²) in [5.74, 6) is -2.75. The summed E-state index contributed by atoms with van der Waals surface area (Å²) in [7, 11) is 0. The summed E-state index contributed by atoms with van der Waals surface area (Å²) in [6.07, 6.45) is -0.711. The number of rotatable bonds is 7. The number of carbonyl (C=O) groups is 3. The van der Waals surface area contributed by atoms with Crippen molar-refractivity contribution in [3.8, 4) is 11.5 Å². The molecule has 0 radical (unpaired) electrons. The number of nitrogens with one attached hydrogen (secondary N) is 1. The van der Waals surface area contributed by atoms with Crippen LogP contribution < -0.4 is 10.5 Å². The molecule has 0 atom stereocenters. The number of ketones is 2. The first-order valence-corrected chi connectivity index (χ1v) is 8.11. The van der Waals surface area contributed by atoms with Gasteiger partial charge in [-0.05, 0) is 25.1 Å². The highest BCUT2D eigenvalue weighted by Gasteiger charge is 2.23. The quantitative estimate of drug-likeness (QED) is 0.294. The molecule has 1 N–H and O–H groups in total. The largest absolute Gasteiger partial charge is 0.460 e. The number of hydrogen-bond donors (Lipinski definition) is 1. The Labute approximate surface area is 152 Å². The highest BCUT2D eigenvalue weighted by atomic mass is 16.5. The van der Waals surface area contributed by atoms with E-state index in [1.807, 2.05) is 6.07 Å². The van der Waals surface area contributed by atoms with E-state index < -0.39 is 29.7 Å². The molecule has 8 heteroatoms. The van der Waals surface area contributed by atoms with Gasteiger partial charge in [-0.15, -0.1) is 0 Å². The summed E-state index contributed by atoms with van der Waals surface area (Å²) in [5.41, 5.74) is 0.178. The summed E-state index contributed by atoms with van der Waals surface area (Å²) in [6.45, 7) is 1.57. The van der Waals surface area contributed by atoms with Gasteiger partial charge in [0.25, 0.3) is 0 Å². The maximum Gasteiger partial charge on any atom is 0.417 e. The summed E-state index contributed by atoms with van der Waals surface area (Å²) in [5, 5.41) is 0. The molecule has 0 fully saturated rings. The SMILES string of the molecule is CCOC(=O)C(=O)CC(=O)c1cc(Oc2ccccc2)cc2[nH]c(=O)oc12. The average Bonchev–Trinajstić information content (AvgIpc) is 3.02. The van der Waals surface area contributed by atoms with Crippen LogP contribution in [0.15, 0.2) is 51.7 Å². The minimum absolute atomic E-state index is 0.0120. The number of benzene rings is 2. The molecular weight excluding hydrogens is 354 g/mol. The lowest BCUT2D eigenvalue weighted by atomic mass is 10.0. The van der Waals surface area contributed by atoms with Gasteiger partial charge in [0.2, 0.25) is 5.78 Å².